The zero-order valence-corrected chi connectivity index (χ0v) is 19.7. The van der Waals surface area contributed by atoms with Crippen LogP contribution in [0, 0.1) is 0 Å². The average molecular weight is 558 g/mol. The van der Waals surface area contributed by atoms with Crippen LogP contribution in [-0.2, 0) is 22.2 Å². The van der Waals surface area contributed by atoms with Crippen molar-refractivity contribution in [3.8, 4) is 11.3 Å². The molecule has 4 aromatic rings. The lowest BCUT2D eigenvalue weighted by molar-refractivity contribution is -0.142. The monoisotopic (exact) mass is 558 g/mol. The number of aromatic nitrogens is 3. The van der Waals surface area contributed by atoms with Crippen LogP contribution in [0.15, 0.2) is 65.7 Å². The van der Waals surface area contributed by atoms with E-state index in [1.165, 1.54) is 18.2 Å². The fourth-order valence-corrected chi connectivity index (χ4v) is 4.58. The number of halogens is 6. The molecule has 0 saturated heterocycles. The third kappa shape index (κ3) is 5.47. The molecule has 0 atom stereocenters. The van der Waals surface area contributed by atoms with Crippen LogP contribution in [-0.4, -0.2) is 46.4 Å². The van der Waals surface area contributed by atoms with Crippen molar-refractivity contribution < 1.29 is 44.7 Å². The number of hydrogen-bond acceptors (Lipinski definition) is 6. The predicted octanol–water partition coefficient (Wildman–Crippen LogP) is 4.45. The van der Waals surface area contributed by atoms with E-state index in [4.69, 9.17) is 5.11 Å². The number of hydrogen-bond donors (Lipinski definition) is 2. The number of carbonyl (C=O) groups excluding carboxylic acids is 1. The summed E-state index contributed by atoms with van der Waals surface area (Å²) in [5, 5.41) is 14.9. The van der Waals surface area contributed by atoms with Gasteiger partial charge in [0.1, 0.15) is 5.56 Å². The van der Waals surface area contributed by atoms with Gasteiger partial charge in [0.2, 0.25) is 0 Å². The van der Waals surface area contributed by atoms with Crippen LogP contribution in [0.4, 0.5) is 32.0 Å². The van der Waals surface area contributed by atoms with Crippen LogP contribution in [0.3, 0.4) is 0 Å². The van der Waals surface area contributed by atoms with E-state index in [1.54, 1.807) is 0 Å². The summed E-state index contributed by atoms with van der Waals surface area (Å²) in [7, 11) is -3.85. The molecule has 2 heterocycles. The number of benzene rings is 2. The maximum atomic E-state index is 13.8. The van der Waals surface area contributed by atoms with Crippen molar-refractivity contribution in [3.63, 3.8) is 0 Å². The molecular formula is C23H16F6N4O4S. The SMILES string of the molecule is O=C(Nc1cccc(S(=O)(=O)CCO)c1)c1cnn2c(C(F)(F)F)cc(-c3ccc(C(F)(F)F)cc3)nc12. The van der Waals surface area contributed by atoms with Crippen molar-refractivity contribution in [1.82, 2.24) is 14.6 Å². The van der Waals surface area contributed by atoms with Gasteiger partial charge in [-0.15, -0.1) is 0 Å². The fourth-order valence-electron chi connectivity index (χ4n) is 3.51. The molecule has 200 valence electrons. The Labute approximate surface area is 210 Å². The van der Waals surface area contributed by atoms with Gasteiger partial charge in [-0.3, -0.25) is 4.79 Å². The molecule has 4 rings (SSSR count). The number of fused-ring (bicyclic) bond motifs is 1. The molecule has 1 amide bonds. The lowest BCUT2D eigenvalue weighted by Gasteiger charge is -2.12. The Morgan fingerprint density at radius 1 is 0.974 bits per heavy atom. The van der Waals surface area contributed by atoms with Crippen molar-refractivity contribution >= 4 is 27.1 Å². The van der Waals surface area contributed by atoms with Gasteiger partial charge in [-0.2, -0.15) is 31.4 Å². The highest BCUT2D eigenvalue weighted by atomic mass is 32.2. The lowest BCUT2D eigenvalue weighted by Crippen LogP contribution is -2.16. The first-order valence-electron chi connectivity index (χ1n) is 10.6. The Morgan fingerprint density at radius 3 is 2.26 bits per heavy atom. The first-order valence-corrected chi connectivity index (χ1v) is 12.2. The molecule has 8 nitrogen and oxygen atoms in total. The van der Waals surface area contributed by atoms with Crippen LogP contribution in [0.1, 0.15) is 21.6 Å². The summed E-state index contributed by atoms with van der Waals surface area (Å²) in [5.74, 6) is -1.53. The molecule has 15 heteroatoms. The third-order valence-electron chi connectivity index (χ3n) is 5.33. The second-order valence-electron chi connectivity index (χ2n) is 7.92. The standard InChI is InChI=1S/C23H16F6N4O4S/c24-22(25,26)14-6-4-13(5-7-14)18-11-19(23(27,28)29)33-20(32-18)17(12-30-33)21(35)31-15-2-1-3-16(10-15)38(36,37)9-8-34/h1-7,10-12,34H,8-9H2,(H,31,35). The Kier molecular flexibility index (Phi) is 6.92. The van der Waals surface area contributed by atoms with Crippen LogP contribution >= 0.6 is 0 Å². The quantitative estimate of drug-likeness (QED) is 0.338. The molecule has 0 saturated carbocycles. The number of anilines is 1. The van der Waals surface area contributed by atoms with E-state index < -0.39 is 62.9 Å². The molecule has 2 aromatic carbocycles. The molecule has 38 heavy (non-hydrogen) atoms. The van der Waals surface area contributed by atoms with E-state index in [2.05, 4.69) is 15.4 Å². The highest BCUT2D eigenvalue weighted by Crippen LogP contribution is 2.34. The van der Waals surface area contributed by atoms with Gasteiger partial charge in [-0.1, -0.05) is 18.2 Å². The van der Waals surface area contributed by atoms with Gasteiger partial charge >= 0.3 is 12.4 Å². The minimum atomic E-state index is -4.96. The van der Waals surface area contributed by atoms with Crippen LogP contribution in [0.2, 0.25) is 0 Å². The van der Waals surface area contributed by atoms with Crippen LogP contribution in [0.25, 0.3) is 16.9 Å². The summed E-state index contributed by atoms with van der Waals surface area (Å²) in [6.07, 6.45) is -8.79. The van der Waals surface area contributed by atoms with Crippen molar-refractivity contribution in [2.24, 2.45) is 0 Å². The summed E-state index contributed by atoms with van der Waals surface area (Å²) < 4.78 is 105. The molecule has 0 aliphatic carbocycles. The number of nitrogens with zero attached hydrogens (tertiary/aromatic N) is 3. The molecule has 0 spiro atoms. The van der Waals surface area contributed by atoms with Crippen molar-refractivity contribution in [2.75, 3.05) is 17.7 Å². The maximum Gasteiger partial charge on any atom is 0.433 e. The van der Waals surface area contributed by atoms with E-state index in [0.29, 0.717) is 22.7 Å². The molecule has 2 aromatic heterocycles. The molecule has 0 fully saturated rings. The van der Waals surface area contributed by atoms with Gasteiger partial charge in [-0.05, 0) is 36.4 Å². The summed E-state index contributed by atoms with van der Waals surface area (Å²) in [6.45, 7) is -0.629. The molecular weight excluding hydrogens is 542 g/mol. The number of sulfone groups is 1. The number of alkyl halides is 6. The van der Waals surface area contributed by atoms with E-state index in [0.717, 1.165) is 24.4 Å². The Hall–Kier alpha value is -3.98. The summed E-state index contributed by atoms with van der Waals surface area (Å²) in [4.78, 5) is 16.8. The number of amides is 1. The average Bonchev–Trinajstić information content (AvgIpc) is 3.26. The number of aliphatic hydroxyl groups excluding tert-OH is 1. The molecule has 0 aliphatic heterocycles. The smallest absolute Gasteiger partial charge is 0.395 e. The van der Waals surface area contributed by atoms with Crippen molar-refractivity contribution in [1.29, 1.82) is 0 Å². The van der Waals surface area contributed by atoms with Gasteiger partial charge in [0.25, 0.3) is 5.91 Å². The molecule has 2 N–H and O–H groups in total. The summed E-state index contributed by atoms with van der Waals surface area (Å²) in [5.41, 5.74) is -3.71. The second kappa shape index (κ2) is 9.72. The Bertz CT molecular complexity index is 1610. The summed E-state index contributed by atoms with van der Waals surface area (Å²) in [6, 6.07) is 8.89. The number of nitrogens with one attached hydrogen (secondary N) is 1. The zero-order chi connectivity index (χ0) is 27.9. The lowest BCUT2D eigenvalue weighted by atomic mass is 10.1. The number of rotatable bonds is 6. The Balaban J connectivity index is 1.76. The molecule has 0 aliphatic rings. The highest BCUT2D eigenvalue weighted by Gasteiger charge is 2.36. The predicted molar refractivity (Wildman–Crippen MR) is 122 cm³/mol. The third-order valence-corrected chi connectivity index (χ3v) is 7.02. The minimum absolute atomic E-state index is 0.0108. The Morgan fingerprint density at radius 2 is 1.66 bits per heavy atom. The number of aliphatic hydroxyl groups is 1. The van der Waals surface area contributed by atoms with E-state index in [9.17, 15) is 39.6 Å². The molecule has 0 radical (unpaired) electrons. The van der Waals surface area contributed by atoms with Gasteiger partial charge in [-0.25, -0.2) is 17.9 Å². The molecule has 0 bridgehead atoms. The van der Waals surface area contributed by atoms with Gasteiger partial charge < -0.3 is 10.4 Å². The topological polar surface area (TPSA) is 114 Å². The van der Waals surface area contributed by atoms with Crippen LogP contribution < -0.4 is 5.32 Å². The molecule has 0 unspecified atom stereocenters. The normalized spacial score (nSPS) is 12.6. The maximum absolute atomic E-state index is 13.8. The van der Waals surface area contributed by atoms with Gasteiger partial charge in [0.15, 0.2) is 21.2 Å². The first kappa shape index (κ1) is 27.1. The largest absolute Gasteiger partial charge is 0.433 e. The van der Waals surface area contributed by atoms with E-state index in [-0.39, 0.29) is 21.8 Å². The second-order valence-corrected chi connectivity index (χ2v) is 10.0. The van der Waals surface area contributed by atoms with Crippen LogP contribution in [0.5, 0.6) is 0 Å². The first-order chi connectivity index (χ1) is 17.7. The van der Waals surface area contributed by atoms with E-state index in [1.807, 2.05) is 0 Å². The summed E-state index contributed by atoms with van der Waals surface area (Å²) >= 11 is 0. The van der Waals surface area contributed by atoms with Crippen molar-refractivity contribution in [2.45, 2.75) is 17.2 Å². The fraction of sp³-hybridized carbons (Fsp3) is 0.174. The van der Waals surface area contributed by atoms with E-state index >= 15 is 0 Å². The zero-order valence-electron chi connectivity index (χ0n) is 18.9. The van der Waals surface area contributed by atoms with Gasteiger partial charge in [0, 0.05) is 11.3 Å². The highest BCUT2D eigenvalue weighted by molar-refractivity contribution is 7.91. The van der Waals surface area contributed by atoms with Gasteiger partial charge in [0.05, 0.1) is 34.7 Å². The minimum Gasteiger partial charge on any atom is -0.395 e. The number of carbonyl (C=O) groups is 1. The van der Waals surface area contributed by atoms with Crippen molar-refractivity contribution in [3.05, 3.63) is 77.6 Å².